The highest BCUT2D eigenvalue weighted by Crippen LogP contribution is 2.26. The molecule has 26 heavy (non-hydrogen) atoms. The molecule has 4 rings (SSSR count). The van der Waals surface area contributed by atoms with Crippen molar-refractivity contribution in [1.82, 2.24) is 24.6 Å². The summed E-state index contributed by atoms with van der Waals surface area (Å²) >= 11 is 0. The Bertz CT molecular complexity index is 758. The number of piperidine rings is 1. The first-order valence-electron chi connectivity index (χ1n) is 9.57. The number of rotatable bonds is 3. The lowest BCUT2D eigenvalue weighted by atomic mass is 9.90. The minimum absolute atomic E-state index is 0.189. The number of hydrogen-bond donors (Lipinski definition) is 0. The van der Waals surface area contributed by atoms with E-state index in [9.17, 15) is 4.79 Å². The maximum absolute atomic E-state index is 12.7. The van der Waals surface area contributed by atoms with E-state index in [-0.39, 0.29) is 12.1 Å². The van der Waals surface area contributed by atoms with Crippen molar-refractivity contribution in [1.29, 1.82) is 0 Å². The fourth-order valence-electron chi connectivity index (χ4n) is 4.12. The molecule has 0 unspecified atom stereocenters. The van der Waals surface area contributed by atoms with Crippen molar-refractivity contribution in [3.8, 4) is 0 Å². The lowest BCUT2D eigenvalue weighted by molar-refractivity contribution is 0.0784. The molecule has 1 aromatic carbocycles. The Morgan fingerprint density at radius 2 is 1.77 bits per heavy atom. The van der Waals surface area contributed by atoms with Crippen LogP contribution in [-0.4, -0.2) is 56.8 Å². The van der Waals surface area contributed by atoms with Crippen molar-refractivity contribution in [2.24, 2.45) is 5.92 Å². The molecule has 2 fully saturated rings. The maximum Gasteiger partial charge on any atom is 0.320 e. The predicted octanol–water partition coefficient (Wildman–Crippen LogP) is 2.83. The van der Waals surface area contributed by atoms with Crippen LogP contribution in [0.5, 0.6) is 0 Å². The van der Waals surface area contributed by atoms with E-state index in [2.05, 4.69) is 40.4 Å². The van der Waals surface area contributed by atoms with Crippen LogP contribution in [0, 0.1) is 19.8 Å². The summed E-state index contributed by atoms with van der Waals surface area (Å²) in [7, 11) is 0. The molecular formula is C20H27N5O. The standard InChI is InChI=1S/C20H27N5O/c1-15-21-16(2)25(22-15)19-13-24(14-19)20(26)23-10-8-18(9-11-23)12-17-6-4-3-5-7-17/h3-7,18-19H,8-14H2,1-2H3. The third-order valence-corrected chi connectivity index (χ3v) is 5.64. The Morgan fingerprint density at radius 1 is 1.08 bits per heavy atom. The number of nitrogens with zero attached hydrogens (tertiary/aromatic N) is 5. The minimum Gasteiger partial charge on any atom is -0.325 e. The van der Waals surface area contributed by atoms with Crippen LogP contribution in [0.1, 0.15) is 36.1 Å². The van der Waals surface area contributed by atoms with E-state index >= 15 is 0 Å². The van der Waals surface area contributed by atoms with Crippen LogP contribution in [0.15, 0.2) is 30.3 Å². The van der Waals surface area contributed by atoms with E-state index in [0.717, 1.165) is 57.1 Å². The second-order valence-corrected chi connectivity index (χ2v) is 7.61. The number of aromatic nitrogens is 3. The van der Waals surface area contributed by atoms with E-state index in [4.69, 9.17) is 0 Å². The molecule has 3 heterocycles. The number of aryl methyl sites for hydroxylation is 2. The van der Waals surface area contributed by atoms with Gasteiger partial charge in [-0.25, -0.2) is 14.5 Å². The van der Waals surface area contributed by atoms with E-state index < -0.39 is 0 Å². The van der Waals surface area contributed by atoms with Crippen molar-refractivity contribution in [3.05, 3.63) is 47.5 Å². The number of amides is 2. The first-order valence-corrected chi connectivity index (χ1v) is 9.57. The van der Waals surface area contributed by atoms with Crippen molar-refractivity contribution >= 4 is 6.03 Å². The second kappa shape index (κ2) is 7.09. The van der Waals surface area contributed by atoms with Crippen LogP contribution in [0.25, 0.3) is 0 Å². The molecule has 2 aliphatic rings. The van der Waals surface area contributed by atoms with Gasteiger partial charge in [0.15, 0.2) is 0 Å². The van der Waals surface area contributed by atoms with Crippen LogP contribution in [0.3, 0.4) is 0 Å². The average molecular weight is 353 g/mol. The summed E-state index contributed by atoms with van der Waals surface area (Å²) < 4.78 is 1.96. The molecule has 0 bridgehead atoms. The predicted molar refractivity (Wildman–Crippen MR) is 99.9 cm³/mol. The van der Waals surface area contributed by atoms with Crippen LogP contribution in [0.2, 0.25) is 0 Å². The molecule has 2 amide bonds. The van der Waals surface area contributed by atoms with Gasteiger partial charge in [-0.15, -0.1) is 0 Å². The summed E-state index contributed by atoms with van der Waals surface area (Å²) in [6, 6.07) is 11.1. The van der Waals surface area contributed by atoms with Gasteiger partial charge in [-0.2, -0.15) is 5.10 Å². The Hall–Kier alpha value is -2.37. The Labute approximate surface area is 154 Å². The zero-order valence-electron chi connectivity index (χ0n) is 15.6. The third-order valence-electron chi connectivity index (χ3n) is 5.64. The van der Waals surface area contributed by atoms with Gasteiger partial charge in [0.1, 0.15) is 11.6 Å². The molecule has 0 N–H and O–H groups in total. The first-order chi connectivity index (χ1) is 12.6. The molecule has 2 aliphatic heterocycles. The molecule has 0 saturated carbocycles. The van der Waals surface area contributed by atoms with Gasteiger partial charge >= 0.3 is 6.03 Å². The van der Waals surface area contributed by atoms with Gasteiger partial charge in [-0.05, 0) is 44.6 Å². The van der Waals surface area contributed by atoms with Gasteiger partial charge in [-0.1, -0.05) is 30.3 Å². The van der Waals surface area contributed by atoms with Gasteiger partial charge in [0, 0.05) is 26.2 Å². The molecule has 6 nitrogen and oxygen atoms in total. The number of likely N-dealkylation sites (tertiary alicyclic amines) is 2. The zero-order chi connectivity index (χ0) is 18.1. The van der Waals surface area contributed by atoms with Crippen molar-refractivity contribution < 1.29 is 4.79 Å². The van der Waals surface area contributed by atoms with Crippen molar-refractivity contribution in [2.75, 3.05) is 26.2 Å². The topological polar surface area (TPSA) is 54.3 Å². The number of hydrogen-bond acceptors (Lipinski definition) is 3. The summed E-state index contributed by atoms with van der Waals surface area (Å²) in [4.78, 5) is 21.0. The maximum atomic E-state index is 12.7. The molecule has 0 atom stereocenters. The van der Waals surface area contributed by atoms with Gasteiger partial charge in [0.25, 0.3) is 0 Å². The van der Waals surface area contributed by atoms with Gasteiger partial charge < -0.3 is 9.80 Å². The average Bonchev–Trinajstić information content (AvgIpc) is 2.93. The molecule has 0 spiro atoms. The SMILES string of the molecule is Cc1nc(C)n(C2CN(C(=O)N3CCC(Cc4ccccc4)CC3)C2)n1. The Morgan fingerprint density at radius 3 is 2.38 bits per heavy atom. The highest BCUT2D eigenvalue weighted by Gasteiger charge is 2.36. The highest BCUT2D eigenvalue weighted by molar-refractivity contribution is 5.75. The molecule has 2 aromatic rings. The molecule has 2 saturated heterocycles. The Balaban J connectivity index is 1.25. The number of benzene rings is 1. The smallest absolute Gasteiger partial charge is 0.320 e. The molecule has 1 aromatic heterocycles. The summed E-state index contributed by atoms with van der Waals surface area (Å²) in [5.41, 5.74) is 1.40. The fourth-order valence-corrected chi connectivity index (χ4v) is 4.12. The van der Waals surface area contributed by atoms with Crippen LogP contribution in [-0.2, 0) is 6.42 Å². The summed E-state index contributed by atoms with van der Waals surface area (Å²) in [6.07, 6.45) is 3.32. The van der Waals surface area contributed by atoms with E-state index in [1.165, 1.54) is 5.56 Å². The zero-order valence-corrected chi connectivity index (χ0v) is 15.6. The van der Waals surface area contributed by atoms with Crippen LogP contribution < -0.4 is 0 Å². The quantitative estimate of drug-likeness (QED) is 0.853. The van der Waals surface area contributed by atoms with E-state index in [1.807, 2.05) is 28.3 Å². The lowest BCUT2D eigenvalue weighted by Gasteiger charge is -2.43. The summed E-state index contributed by atoms with van der Waals surface area (Å²) in [5.74, 6) is 2.42. The summed E-state index contributed by atoms with van der Waals surface area (Å²) in [6.45, 7) is 7.11. The van der Waals surface area contributed by atoms with E-state index in [0.29, 0.717) is 5.92 Å². The second-order valence-electron chi connectivity index (χ2n) is 7.61. The highest BCUT2D eigenvalue weighted by atomic mass is 16.2. The third kappa shape index (κ3) is 3.45. The number of carbonyl (C=O) groups is 1. The van der Waals surface area contributed by atoms with Crippen molar-refractivity contribution in [2.45, 2.75) is 39.2 Å². The van der Waals surface area contributed by atoms with Crippen LogP contribution >= 0.6 is 0 Å². The molecular weight excluding hydrogens is 326 g/mol. The fraction of sp³-hybridized carbons (Fsp3) is 0.550. The van der Waals surface area contributed by atoms with Gasteiger partial charge in [0.05, 0.1) is 6.04 Å². The monoisotopic (exact) mass is 353 g/mol. The summed E-state index contributed by atoms with van der Waals surface area (Å²) in [5, 5.41) is 4.44. The minimum atomic E-state index is 0.189. The molecule has 0 aliphatic carbocycles. The van der Waals surface area contributed by atoms with Crippen molar-refractivity contribution in [3.63, 3.8) is 0 Å². The molecule has 138 valence electrons. The van der Waals surface area contributed by atoms with Crippen LogP contribution in [0.4, 0.5) is 4.79 Å². The molecule has 0 radical (unpaired) electrons. The van der Waals surface area contributed by atoms with E-state index in [1.54, 1.807) is 0 Å². The number of carbonyl (C=O) groups excluding carboxylic acids is 1. The number of urea groups is 1. The Kier molecular flexibility index (Phi) is 4.66. The lowest BCUT2D eigenvalue weighted by Crippen LogP contribution is -2.56. The molecule has 6 heteroatoms. The van der Waals surface area contributed by atoms with Gasteiger partial charge in [0.2, 0.25) is 0 Å². The first kappa shape index (κ1) is 17.1. The largest absolute Gasteiger partial charge is 0.325 e. The normalized spacial score (nSPS) is 18.8. The van der Waals surface area contributed by atoms with Gasteiger partial charge in [-0.3, -0.25) is 0 Å².